The van der Waals surface area contributed by atoms with Gasteiger partial charge in [-0.2, -0.15) is 0 Å². The van der Waals surface area contributed by atoms with E-state index >= 15 is 0 Å². The molecule has 1 atom stereocenters. The Balaban J connectivity index is 1.26. The number of phenols is 2. The van der Waals surface area contributed by atoms with Crippen LogP contribution >= 0.6 is 0 Å². The van der Waals surface area contributed by atoms with Crippen LogP contribution in [0.15, 0.2) is 54.6 Å². The van der Waals surface area contributed by atoms with E-state index < -0.39 is 11.6 Å². The van der Waals surface area contributed by atoms with Gasteiger partial charge in [-0.25, -0.2) is 4.79 Å². The summed E-state index contributed by atoms with van der Waals surface area (Å²) in [5.74, 6) is 0.481. The van der Waals surface area contributed by atoms with Gasteiger partial charge in [0, 0.05) is 23.7 Å². The number of phenolic OH excluding ortho intramolecular Hbond substituents is 2. The third-order valence-electron chi connectivity index (χ3n) is 8.18. The van der Waals surface area contributed by atoms with Crippen LogP contribution in [0.3, 0.4) is 0 Å². The van der Waals surface area contributed by atoms with Gasteiger partial charge in [-0.1, -0.05) is 95.8 Å². The summed E-state index contributed by atoms with van der Waals surface area (Å²) in [6.07, 6.45) is 15.3. The minimum Gasteiger partial charge on any atom is -0.508 e. The molecule has 2 heterocycles. The molecular formula is C34H41NO5. The molecule has 0 radical (unpaired) electrons. The lowest BCUT2D eigenvalue weighted by atomic mass is 9.77. The maximum atomic E-state index is 13.0. The van der Waals surface area contributed by atoms with Crippen LogP contribution in [0.25, 0.3) is 0 Å². The Hall–Kier alpha value is -3.67. The van der Waals surface area contributed by atoms with E-state index in [-0.39, 0.29) is 11.5 Å². The van der Waals surface area contributed by atoms with Crippen molar-refractivity contribution in [3.8, 4) is 23.0 Å². The Morgan fingerprint density at radius 1 is 0.750 bits per heavy atom. The van der Waals surface area contributed by atoms with Crippen molar-refractivity contribution in [2.24, 2.45) is 0 Å². The number of anilines is 1. The van der Waals surface area contributed by atoms with Crippen LogP contribution in [0.2, 0.25) is 0 Å². The van der Waals surface area contributed by atoms with Crippen molar-refractivity contribution < 1.29 is 24.5 Å². The highest BCUT2D eigenvalue weighted by Gasteiger charge is 2.54. The first-order valence-corrected chi connectivity index (χ1v) is 15.0. The Morgan fingerprint density at radius 2 is 1.40 bits per heavy atom. The molecule has 6 heteroatoms. The first-order chi connectivity index (χ1) is 19.6. The number of nitrogens with one attached hydrogen (secondary N) is 1. The van der Waals surface area contributed by atoms with Crippen molar-refractivity contribution in [1.29, 1.82) is 0 Å². The molecule has 0 fully saturated rings. The highest BCUT2D eigenvalue weighted by molar-refractivity contribution is 5.97. The molecular weight excluding hydrogens is 502 g/mol. The van der Waals surface area contributed by atoms with Gasteiger partial charge in [0.15, 0.2) is 11.4 Å². The number of ether oxygens (including phenoxy) is 2. The molecule has 3 N–H and O–H groups in total. The predicted molar refractivity (Wildman–Crippen MR) is 158 cm³/mol. The second-order valence-corrected chi connectivity index (χ2v) is 11.1. The predicted octanol–water partition coefficient (Wildman–Crippen LogP) is 8.78. The van der Waals surface area contributed by atoms with Gasteiger partial charge in [-0.3, -0.25) is 0 Å². The van der Waals surface area contributed by atoms with Gasteiger partial charge in [-0.15, -0.1) is 0 Å². The third-order valence-corrected chi connectivity index (χ3v) is 8.18. The summed E-state index contributed by atoms with van der Waals surface area (Å²) in [4.78, 5) is 13.0. The van der Waals surface area contributed by atoms with Crippen molar-refractivity contribution in [3.05, 3.63) is 76.9 Å². The highest BCUT2D eigenvalue weighted by atomic mass is 16.6. The number of esters is 1. The molecule has 0 bridgehead atoms. The smallest absolute Gasteiger partial charge is 0.340 e. The summed E-state index contributed by atoms with van der Waals surface area (Å²) >= 11 is 0. The average molecular weight is 544 g/mol. The minimum atomic E-state index is -1.23. The van der Waals surface area contributed by atoms with Crippen LogP contribution in [0, 0.1) is 0 Å². The summed E-state index contributed by atoms with van der Waals surface area (Å²) < 4.78 is 12.5. The van der Waals surface area contributed by atoms with E-state index in [0.29, 0.717) is 46.0 Å². The van der Waals surface area contributed by atoms with Crippen LogP contribution in [0.4, 0.5) is 5.69 Å². The second-order valence-electron chi connectivity index (χ2n) is 11.1. The molecule has 0 aromatic heterocycles. The number of hydrogen-bond donors (Lipinski definition) is 3. The summed E-state index contributed by atoms with van der Waals surface area (Å²) in [6.45, 7) is 2.94. The van der Waals surface area contributed by atoms with Crippen molar-refractivity contribution >= 4 is 11.7 Å². The van der Waals surface area contributed by atoms with E-state index in [1.54, 1.807) is 30.3 Å². The molecule has 212 valence electrons. The molecule has 3 aromatic carbocycles. The van der Waals surface area contributed by atoms with Gasteiger partial charge < -0.3 is 25.0 Å². The maximum Gasteiger partial charge on any atom is 0.340 e. The van der Waals surface area contributed by atoms with E-state index in [1.807, 2.05) is 18.2 Å². The van der Waals surface area contributed by atoms with E-state index in [0.717, 1.165) is 12.8 Å². The molecule has 40 heavy (non-hydrogen) atoms. The lowest BCUT2D eigenvalue weighted by molar-refractivity contribution is 0.0224. The first kappa shape index (κ1) is 27.9. The largest absolute Gasteiger partial charge is 0.508 e. The number of rotatable bonds is 14. The topological polar surface area (TPSA) is 88.0 Å². The molecule has 2 aliphatic heterocycles. The van der Waals surface area contributed by atoms with Gasteiger partial charge in [-0.05, 0) is 36.8 Å². The van der Waals surface area contributed by atoms with Gasteiger partial charge in [0.25, 0.3) is 0 Å². The summed E-state index contributed by atoms with van der Waals surface area (Å²) in [5, 5.41) is 24.4. The average Bonchev–Trinajstić information content (AvgIpc) is 3.25. The zero-order valence-corrected chi connectivity index (χ0v) is 23.5. The van der Waals surface area contributed by atoms with Gasteiger partial charge >= 0.3 is 5.97 Å². The molecule has 0 aliphatic carbocycles. The van der Waals surface area contributed by atoms with Crippen molar-refractivity contribution in [2.45, 2.75) is 89.6 Å². The molecule has 6 nitrogen and oxygen atoms in total. The van der Waals surface area contributed by atoms with E-state index in [2.05, 4.69) is 12.2 Å². The molecule has 0 saturated heterocycles. The number of carbonyl (C=O) groups is 1. The highest BCUT2D eigenvalue weighted by Crippen LogP contribution is 2.59. The fourth-order valence-corrected chi connectivity index (χ4v) is 6.06. The molecule has 0 amide bonds. The van der Waals surface area contributed by atoms with E-state index in [4.69, 9.17) is 9.47 Å². The number of hydrogen-bond acceptors (Lipinski definition) is 6. The first-order valence-electron chi connectivity index (χ1n) is 15.0. The number of unbranched alkanes of at least 4 members (excludes halogenated alkanes) is 11. The molecule has 5 rings (SSSR count). The quantitative estimate of drug-likeness (QED) is 0.107. The Kier molecular flexibility index (Phi) is 8.83. The zero-order chi connectivity index (χ0) is 28.0. The SMILES string of the molecule is CCCCCCCCCCCCCCNc1c(O)ccc2c1Oc1cc(O)ccc1C21OC(=O)c2ccccc21. The van der Waals surface area contributed by atoms with Crippen LogP contribution in [0.5, 0.6) is 23.0 Å². The monoisotopic (exact) mass is 543 g/mol. The standard InChI is InChI=1S/C34H41NO5/c1-2-3-4-5-6-7-8-9-10-11-12-15-22-35-31-29(37)21-20-28-32(31)39-30-23-24(36)18-19-27(30)34(28)26-17-14-13-16-25(26)33(38)40-34/h13-14,16-21,23,35-37H,2-12,15,22H2,1H3. The summed E-state index contributed by atoms with van der Waals surface area (Å²) in [7, 11) is 0. The number of carbonyl (C=O) groups excluding carboxylic acids is 1. The fraction of sp³-hybridized carbons (Fsp3) is 0.441. The Bertz CT molecular complexity index is 1340. The van der Waals surface area contributed by atoms with Gasteiger partial charge in [0.1, 0.15) is 22.9 Å². The van der Waals surface area contributed by atoms with Gasteiger partial charge in [0.05, 0.1) is 11.1 Å². The molecule has 1 unspecified atom stereocenters. The van der Waals surface area contributed by atoms with E-state index in [9.17, 15) is 15.0 Å². The van der Waals surface area contributed by atoms with Crippen molar-refractivity contribution in [3.63, 3.8) is 0 Å². The number of fused-ring (bicyclic) bond motifs is 6. The molecule has 1 spiro atoms. The second kappa shape index (κ2) is 12.7. The van der Waals surface area contributed by atoms with Crippen molar-refractivity contribution in [2.75, 3.05) is 11.9 Å². The molecule has 2 aliphatic rings. The molecule has 3 aromatic rings. The molecule has 0 saturated carbocycles. The normalized spacial score (nSPS) is 16.7. The summed E-state index contributed by atoms with van der Waals surface area (Å²) in [5.41, 5.74) is 1.72. The Morgan fingerprint density at radius 3 is 2.12 bits per heavy atom. The third kappa shape index (κ3) is 5.49. The van der Waals surface area contributed by atoms with Gasteiger partial charge in [0.2, 0.25) is 0 Å². The zero-order valence-electron chi connectivity index (χ0n) is 23.5. The maximum absolute atomic E-state index is 13.0. The van der Waals surface area contributed by atoms with Crippen LogP contribution in [-0.4, -0.2) is 22.7 Å². The number of aromatic hydroxyl groups is 2. The summed E-state index contributed by atoms with van der Waals surface area (Å²) in [6, 6.07) is 15.5. The Labute approximate surface area is 237 Å². The van der Waals surface area contributed by atoms with Crippen molar-refractivity contribution in [1.82, 2.24) is 0 Å². The number of benzene rings is 3. The fourth-order valence-electron chi connectivity index (χ4n) is 6.06. The van der Waals surface area contributed by atoms with Crippen LogP contribution in [0.1, 0.15) is 111 Å². The van der Waals surface area contributed by atoms with Crippen LogP contribution in [-0.2, 0) is 10.3 Å². The van der Waals surface area contributed by atoms with E-state index in [1.165, 1.54) is 70.3 Å². The lowest BCUT2D eigenvalue weighted by Gasteiger charge is -2.37. The lowest BCUT2D eigenvalue weighted by Crippen LogP contribution is -2.33. The van der Waals surface area contributed by atoms with Crippen LogP contribution < -0.4 is 10.1 Å². The minimum absolute atomic E-state index is 0.0427.